The van der Waals surface area contributed by atoms with Crippen LogP contribution in [-0.2, 0) is 6.54 Å². The first-order chi connectivity index (χ1) is 6.84. The lowest BCUT2D eigenvalue weighted by Crippen LogP contribution is -1.99. The number of hydrogen-bond donors (Lipinski definition) is 2. The summed E-state index contributed by atoms with van der Waals surface area (Å²) < 4.78 is 4.95. The molecule has 2 rings (SSSR count). The van der Waals surface area contributed by atoms with Crippen LogP contribution in [0.2, 0.25) is 0 Å². The molecule has 0 aliphatic rings. The van der Waals surface area contributed by atoms with Gasteiger partial charge in [0.2, 0.25) is 0 Å². The third kappa shape index (κ3) is 2.04. The largest absolute Gasteiger partial charge is 0.472 e. The van der Waals surface area contributed by atoms with E-state index in [9.17, 15) is 0 Å². The summed E-state index contributed by atoms with van der Waals surface area (Å²) in [5.41, 5.74) is 8.24. The summed E-state index contributed by atoms with van der Waals surface area (Å²) in [6.07, 6.45) is 6.70. The predicted octanol–water partition coefficient (Wildman–Crippen LogP) is 1.87. The molecule has 3 N–H and O–H groups in total. The average Bonchev–Trinajstić information content (AvgIpc) is 2.67. The fourth-order valence-corrected chi connectivity index (χ4v) is 1.15. The van der Waals surface area contributed by atoms with Crippen LogP contribution >= 0.6 is 0 Å². The quantitative estimate of drug-likeness (QED) is 0.773. The topological polar surface area (TPSA) is 64.1 Å². The lowest BCUT2D eigenvalue weighted by atomic mass is 10.3. The minimum absolute atomic E-state index is 0.655. The number of nitrogen functional groups attached to an aromatic ring is 1. The van der Waals surface area contributed by atoms with Crippen molar-refractivity contribution in [3.05, 3.63) is 42.6 Å². The van der Waals surface area contributed by atoms with Crippen LogP contribution in [0.5, 0.6) is 0 Å². The molecule has 0 bridgehead atoms. The first-order valence-electron chi connectivity index (χ1n) is 4.30. The van der Waals surface area contributed by atoms with Crippen molar-refractivity contribution < 1.29 is 4.42 Å². The van der Waals surface area contributed by atoms with Crippen LogP contribution < -0.4 is 11.1 Å². The first kappa shape index (κ1) is 8.62. The molecule has 2 aromatic rings. The summed E-state index contributed by atoms with van der Waals surface area (Å²) in [5.74, 6) is 0. The van der Waals surface area contributed by atoms with Gasteiger partial charge < -0.3 is 15.5 Å². The molecule has 0 saturated heterocycles. The van der Waals surface area contributed by atoms with E-state index in [1.165, 1.54) is 0 Å². The highest BCUT2D eigenvalue weighted by molar-refractivity contribution is 5.51. The molecule has 0 aliphatic carbocycles. The first-order valence-corrected chi connectivity index (χ1v) is 4.30. The summed E-state index contributed by atoms with van der Waals surface area (Å²) in [4.78, 5) is 3.97. The van der Waals surface area contributed by atoms with Gasteiger partial charge in [-0.05, 0) is 12.1 Å². The molecular weight excluding hydrogens is 178 g/mol. The van der Waals surface area contributed by atoms with Crippen LogP contribution in [0.15, 0.2) is 41.5 Å². The maximum absolute atomic E-state index is 5.59. The van der Waals surface area contributed by atoms with Gasteiger partial charge in [-0.15, -0.1) is 0 Å². The van der Waals surface area contributed by atoms with Gasteiger partial charge >= 0.3 is 0 Å². The van der Waals surface area contributed by atoms with Gasteiger partial charge in [0.25, 0.3) is 0 Å². The summed E-state index contributed by atoms with van der Waals surface area (Å²) in [7, 11) is 0. The van der Waals surface area contributed by atoms with E-state index >= 15 is 0 Å². The van der Waals surface area contributed by atoms with Gasteiger partial charge in [0, 0.05) is 18.3 Å². The predicted molar refractivity (Wildman–Crippen MR) is 54.7 cm³/mol. The smallest absolute Gasteiger partial charge is 0.0952 e. The van der Waals surface area contributed by atoms with E-state index in [-0.39, 0.29) is 0 Å². The Morgan fingerprint density at radius 3 is 3.07 bits per heavy atom. The Labute approximate surface area is 81.8 Å². The normalized spacial score (nSPS) is 10.0. The molecule has 0 atom stereocenters. The summed E-state index contributed by atoms with van der Waals surface area (Å²) in [5, 5.41) is 3.19. The lowest BCUT2D eigenvalue weighted by molar-refractivity contribution is 0.564. The zero-order chi connectivity index (χ0) is 9.80. The van der Waals surface area contributed by atoms with Gasteiger partial charge in [-0.3, -0.25) is 4.98 Å². The second-order valence-electron chi connectivity index (χ2n) is 2.99. The van der Waals surface area contributed by atoms with E-state index in [1.807, 2.05) is 12.1 Å². The van der Waals surface area contributed by atoms with Crippen LogP contribution in [0.4, 0.5) is 11.4 Å². The standard InChI is InChI=1S/C10H11N3O/c11-9-3-10(6-12-5-9)13-4-8-1-2-14-7-8/h1-3,5-7,13H,4,11H2. The Hall–Kier alpha value is -1.97. The maximum Gasteiger partial charge on any atom is 0.0952 e. The molecule has 2 heterocycles. The Balaban J connectivity index is 1.98. The number of nitrogens with zero attached hydrogens (tertiary/aromatic N) is 1. The number of pyridine rings is 1. The number of furan rings is 1. The van der Waals surface area contributed by atoms with Crippen LogP contribution in [0.3, 0.4) is 0 Å². The average molecular weight is 189 g/mol. The molecule has 0 spiro atoms. The second-order valence-corrected chi connectivity index (χ2v) is 2.99. The summed E-state index contributed by atoms with van der Waals surface area (Å²) >= 11 is 0. The number of rotatable bonds is 3. The summed E-state index contributed by atoms with van der Waals surface area (Å²) in [6.45, 7) is 0.710. The van der Waals surface area contributed by atoms with Crippen molar-refractivity contribution in [3.8, 4) is 0 Å². The molecule has 0 radical (unpaired) electrons. The van der Waals surface area contributed by atoms with Crippen molar-refractivity contribution in [2.75, 3.05) is 11.1 Å². The van der Waals surface area contributed by atoms with E-state index in [4.69, 9.17) is 10.2 Å². The minimum atomic E-state index is 0.655. The van der Waals surface area contributed by atoms with E-state index in [2.05, 4.69) is 10.3 Å². The van der Waals surface area contributed by atoms with Crippen LogP contribution in [0.25, 0.3) is 0 Å². The van der Waals surface area contributed by atoms with Gasteiger partial charge in [-0.2, -0.15) is 0 Å². The van der Waals surface area contributed by atoms with Gasteiger partial charge in [0.15, 0.2) is 0 Å². The van der Waals surface area contributed by atoms with Gasteiger partial charge in [-0.1, -0.05) is 0 Å². The van der Waals surface area contributed by atoms with Crippen molar-refractivity contribution in [3.63, 3.8) is 0 Å². The molecule has 2 aromatic heterocycles. The van der Waals surface area contributed by atoms with Crippen LogP contribution in [0, 0.1) is 0 Å². The van der Waals surface area contributed by atoms with Crippen molar-refractivity contribution in [2.45, 2.75) is 6.54 Å². The van der Waals surface area contributed by atoms with E-state index in [0.29, 0.717) is 12.2 Å². The lowest BCUT2D eigenvalue weighted by Gasteiger charge is -2.04. The third-order valence-electron chi connectivity index (χ3n) is 1.84. The van der Waals surface area contributed by atoms with E-state index in [1.54, 1.807) is 24.9 Å². The molecule has 14 heavy (non-hydrogen) atoms. The molecule has 0 aliphatic heterocycles. The highest BCUT2D eigenvalue weighted by atomic mass is 16.3. The molecule has 0 unspecified atom stereocenters. The minimum Gasteiger partial charge on any atom is -0.472 e. The number of anilines is 2. The number of hydrogen-bond acceptors (Lipinski definition) is 4. The monoisotopic (exact) mass is 189 g/mol. The molecule has 4 heteroatoms. The summed E-state index contributed by atoms with van der Waals surface area (Å²) in [6, 6.07) is 3.75. The molecule has 0 aromatic carbocycles. The number of aromatic nitrogens is 1. The maximum atomic E-state index is 5.59. The van der Waals surface area contributed by atoms with Crippen molar-refractivity contribution >= 4 is 11.4 Å². The molecule has 72 valence electrons. The zero-order valence-corrected chi connectivity index (χ0v) is 7.60. The number of nitrogens with two attached hydrogens (primary N) is 1. The Morgan fingerprint density at radius 1 is 1.43 bits per heavy atom. The zero-order valence-electron chi connectivity index (χ0n) is 7.60. The second kappa shape index (κ2) is 3.83. The van der Waals surface area contributed by atoms with Gasteiger partial charge in [-0.25, -0.2) is 0 Å². The van der Waals surface area contributed by atoms with Crippen LogP contribution in [-0.4, -0.2) is 4.98 Å². The SMILES string of the molecule is Nc1cncc(NCc2ccoc2)c1. The van der Waals surface area contributed by atoms with E-state index in [0.717, 1.165) is 11.3 Å². The van der Waals surface area contributed by atoms with Crippen molar-refractivity contribution in [2.24, 2.45) is 0 Å². The van der Waals surface area contributed by atoms with Crippen LogP contribution in [0.1, 0.15) is 5.56 Å². The highest BCUT2D eigenvalue weighted by Gasteiger charge is 1.95. The van der Waals surface area contributed by atoms with Gasteiger partial charge in [0.1, 0.15) is 0 Å². The van der Waals surface area contributed by atoms with Crippen molar-refractivity contribution in [1.29, 1.82) is 0 Å². The number of nitrogens with one attached hydrogen (secondary N) is 1. The van der Waals surface area contributed by atoms with Crippen molar-refractivity contribution in [1.82, 2.24) is 4.98 Å². The Kier molecular flexibility index (Phi) is 2.36. The van der Waals surface area contributed by atoms with E-state index < -0.39 is 0 Å². The fraction of sp³-hybridized carbons (Fsp3) is 0.100. The molecule has 0 fully saturated rings. The third-order valence-corrected chi connectivity index (χ3v) is 1.84. The van der Waals surface area contributed by atoms with Gasteiger partial charge in [0.05, 0.1) is 30.1 Å². The molecule has 4 nitrogen and oxygen atoms in total. The molecular formula is C10H11N3O. The Morgan fingerprint density at radius 2 is 2.36 bits per heavy atom. The fourth-order valence-electron chi connectivity index (χ4n) is 1.15. The Bertz CT molecular complexity index is 398. The molecule has 0 amide bonds. The highest BCUT2D eigenvalue weighted by Crippen LogP contribution is 2.11. The molecule has 0 saturated carbocycles.